The number of fused-ring (bicyclic) bond motifs is 2. The molecule has 3 aliphatic carbocycles. The largest absolute Gasteiger partial charge is 0.449 e. The molecule has 7 heteroatoms. The van der Waals surface area contributed by atoms with Gasteiger partial charge in [-0.25, -0.2) is 13.8 Å². The summed E-state index contributed by atoms with van der Waals surface area (Å²) in [6.45, 7) is 0.813. The van der Waals surface area contributed by atoms with Crippen LogP contribution in [0.2, 0.25) is 0 Å². The van der Waals surface area contributed by atoms with E-state index in [-0.39, 0.29) is 17.3 Å². The van der Waals surface area contributed by atoms with E-state index in [4.69, 9.17) is 4.42 Å². The van der Waals surface area contributed by atoms with Crippen LogP contribution >= 0.6 is 0 Å². The van der Waals surface area contributed by atoms with Gasteiger partial charge < -0.3 is 14.3 Å². The van der Waals surface area contributed by atoms with E-state index in [1.807, 2.05) is 0 Å². The third kappa shape index (κ3) is 4.27. The molecule has 1 N–H and O–H groups in total. The lowest BCUT2D eigenvalue weighted by atomic mass is 9.61. The minimum atomic E-state index is -0.539. The lowest BCUT2D eigenvalue weighted by Crippen LogP contribution is -2.35. The molecule has 0 aliphatic heterocycles. The summed E-state index contributed by atoms with van der Waals surface area (Å²) >= 11 is 0. The second-order valence-corrected chi connectivity index (χ2v) is 9.74. The van der Waals surface area contributed by atoms with Crippen LogP contribution in [0.5, 0.6) is 0 Å². The monoisotopic (exact) mass is 473 g/mol. The van der Waals surface area contributed by atoms with E-state index in [1.54, 1.807) is 42.7 Å². The molecule has 3 aliphatic rings. The van der Waals surface area contributed by atoms with Crippen LogP contribution < -0.4 is 5.32 Å². The number of rotatable bonds is 6. The average molecular weight is 474 g/mol. The molecule has 178 valence electrons. The Hall–Kier alpha value is -3.74. The molecule has 2 aromatic carbocycles. The molecule has 1 amide bonds. The quantitative estimate of drug-likeness (QED) is 0.336. The third-order valence-corrected chi connectivity index (χ3v) is 7.26. The van der Waals surface area contributed by atoms with Crippen molar-refractivity contribution in [3.05, 3.63) is 84.4 Å². The Balaban J connectivity index is 1.32. The van der Waals surface area contributed by atoms with Gasteiger partial charge in [-0.3, -0.25) is 4.79 Å². The molecule has 3 saturated carbocycles. The molecule has 0 unspecified atom stereocenters. The fourth-order valence-corrected chi connectivity index (χ4v) is 5.66. The molecular weight excluding hydrogens is 448 g/mol. The van der Waals surface area contributed by atoms with E-state index < -0.39 is 11.7 Å². The van der Waals surface area contributed by atoms with Crippen LogP contribution in [0.1, 0.15) is 36.2 Å². The molecule has 0 spiro atoms. The van der Waals surface area contributed by atoms with Crippen molar-refractivity contribution in [2.24, 2.45) is 17.8 Å². The molecule has 2 aromatic heterocycles. The number of para-hydroxylation sites is 1. The van der Waals surface area contributed by atoms with Gasteiger partial charge in [0.05, 0.1) is 17.7 Å². The van der Waals surface area contributed by atoms with E-state index in [0.29, 0.717) is 17.4 Å². The Morgan fingerprint density at radius 3 is 2.46 bits per heavy atom. The summed E-state index contributed by atoms with van der Waals surface area (Å²) < 4.78 is 35.6. The topological polar surface area (TPSA) is 60.1 Å². The van der Waals surface area contributed by atoms with Gasteiger partial charge in [-0.05, 0) is 92.0 Å². The average Bonchev–Trinajstić information content (AvgIpc) is 3.48. The summed E-state index contributed by atoms with van der Waals surface area (Å²) in [4.78, 5) is 17.4. The lowest BCUT2D eigenvalue weighted by molar-refractivity contribution is 0.0598. The highest BCUT2D eigenvalue weighted by Crippen LogP contribution is 2.49. The fraction of sp³-hybridized carbons (Fsp3) is 0.286. The number of carbonyl (C=O) groups is 1. The van der Waals surface area contributed by atoms with Gasteiger partial charge in [-0.15, -0.1) is 0 Å². The number of imidazole rings is 1. The van der Waals surface area contributed by atoms with Gasteiger partial charge >= 0.3 is 0 Å². The van der Waals surface area contributed by atoms with Crippen LogP contribution in [-0.2, 0) is 6.54 Å². The van der Waals surface area contributed by atoms with Crippen LogP contribution in [0.3, 0.4) is 0 Å². The predicted octanol–water partition coefficient (Wildman–Crippen LogP) is 6.78. The maximum Gasteiger partial charge on any atom is 0.291 e. The number of benzene rings is 2. The van der Waals surface area contributed by atoms with E-state index in [0.717, 1.165) is 29.6 Å². The molecule has 0 atom stereocenters. The number of hydrogen-bond donors (Lipinski definition) is 1. The smallest absolute Gasteiger partial charge is 0.291 e. The molecule has 4 aromatic rings. The van der Waals surface area contributed by atoms with E-state index >= 15 is 0 Å². The molecule has 5 nitrogen and oxygen atoms in total. The van der Waals surface area contributed by atoms with Gasteiger partial charge in [-0.1, -0.05) is 12.1 Å². The molecule has 0 radical (unpaired) electrons. The summed E-state index contributed by atoms with van der Waals surface area (Å²) in [5, 5.41) is 2.56. The highest BCUT2D eigenvalue weighted by atomic mass is 19.1. The summed E-state index contributed by atoms with van der Waals surface area (Å²) in [6, 6.07) is 15.5. The van der Waals surface area contributed by atoms with Crippen LogP contribution in [-0.4, -0.2) is 15.5 Å². The Morgan fingerprint density at radius 2 is 1.71 bits per heavy atom. The van der Waals surface area contributed by atoms with Crippen LogP contribution in [0.4, 0.5) is 14.5 Å². The number of aromatic nitrogens is 2. The number of carbonyl (C=O) groups excluding carboxylic acids is 1. The molecular formula is C28H25F2N3O2. The zero-order valence-corrected chi connectivity index (χ0v) is 19.1. The number of anilines is 1. The minimum Gasteiger partial charge on any atom is -0.449 e. The van der Waals surface area contributed by atoms with E-state index in [1.165, 1.54) is 49.9 Å². The number of nitrogens with one attached hydrogen (secondary N) is 1. The summed E-state index contributed by atoms with van der Waals surface area (Å²) in [6.07, 6.45) is 6.94. The van der Waals surface area contributed by atoms with Crippen LogP contribution in [0, 0.1) is 29.4 Å². The number of amides is 1. The van der Waals surface area contributed by atoms with Crippen molar-refractivity contribution in [2.45, 2.75) is 32.2 Å². The number of nitrogens with zero attached hydrogens (tertiary/aromatic N) is 2. The molecule has 7 rings (SSSR count). The molecule has 2 heterocycles. The molecule has 2 bridgehead atoms. The fourth-order valence-electron chi connectivity index (χ4n) is 5.66. The number of hydrogen-bond acceptors (Lipinski definition) is 3. The first-order valence-corrected chi connectivity index (χ1v) is 12.0. The second-order valence-electron chi connectivity index (χ2n) is 9.74. The predicted molar refractivity (Wildman–Crippen MR) is 129 cm³/mol. The zero-order valence-electron chi connectivity index (χ0n) is 19.1. The number of furan rings is 1. The molecule has 0 saturated heterocycles. The Morgan fingerprint density at radius 1 is 0.971 bits per heavy atom. The summed E-state index contributed by atoms with van der Waals surface area (Å²) in [5.74, 6) is 1.42. The molecule has 3 fully saturated rings. The van der Waals surface area contributed by atoms with Gasteiger partial charge in [0.15, 0.2) is 11.5 Å². The Bertz CT molecular complexity index is 1360. The van der Waals surface area contributed by atoms with Crippen molar-refractivity contribution < 1.29 is 18.0 Å². The van der Waals surface area contributed by atoms with Gasteiger partial charge in [0.25, 0.3) is 5.91 Å². The van der Waals surface area contributed by atoms with E-state index in [9.17, 15) is 13.6 Å². The highest BCUT2D eigenvalue weighted by molar-refractivity contribution is 6.02. The van der Waals surface area contributed by atoms with Crippen LogP contribution in [0.15, 0.2) is 71.4 Å². The molecule has 35 heavy (non-hydrogen) atoms. The first-order valence-electron chi connectivity index (χ1n) is 12.0. The SMILES string of the molecule is O=C(Nc1ccccc1F)c1ccc(-c2c(-c3ccc(F)cc3)ncn2CC2CC3CC(C3)C2)o1. The third-order valence-electron chi connectivity index (χ3n) is 7.26. The van der Waals surface area contributed by atoms with E-state index in [2.05, 4.69) is 14.9 Å². The van der Waals surface area contributed by atoms with Crippen molar-refractivity contribution in [2.75, 3.05) is 5.32 Å². The second kappa shape index (κ2) is 8.80. The van der Waals surface area contributed by atoms with Crippen molar-refractivity contribution >= 4 is 11.6 Å². The Labute approximate surface area is 201 Å². The van der Waals surface area contributed by atoms with Gasteiger partial charge in [-0.2, -0.15) is 0 Å². The van der Waals surface area contributed by atoms with Crippen molar-refractivity contribution in [1.29, 1.82) is 0 Å². The maximum absolute atomic E-state index is 14.0. The first kappa shape index (κ1) is 21.8. The normalized spacial score (nSPS) is 20.9. The highest BCUT2D eigenvalue weighted by Gasteiger charge is 2.38. The summed E-state index contributed by atoms with van der Waals surface area (Å²) in [5.41, 5.74) is 2.27. The standard InChI is InChI=1S/C28H25F2N3O2/c29-21-7-5-20(6-8-21)26-27(33(16-31-26)15-19-13-17-11-18(12-17)14-19)24-9-10-25(35-24)28(34)32-23-4-2-1-3-22(23)30/h1-10,16-19H,11-15H2,(H,32,34). The summed E-state index contributed by atoms with van der Waals surface area (Å²) in [7, 11) is 0. The minimum absolute atomic E-state index is 0.0694. The van der Waals surface area contributed by atoms with Gasteiger partial charge in [0, 0.05) is 12.1 Å². The van der Waals surface area contributed by atoms with Crippen molar-refractivity contribution in [3.63, 3.8) is 0 Å². The lowest BCUT2D eigenvalue weighted by Gasteiger charge is -2.45. The number of halogens is 2. The van der Waals surface area contributed by atoms with Crippen molar-refractivity contribution in [3.8, 4) is 22.7 Å². The van der Waals surface area contributed by atoms with Gasteiger partial charge in [0.2, 0.25) is 0 Å². The van der Waals surface area contributed by atoms with Gasteiger partial charge in [0.1, 0.15) is 17.3 Å². The van der Waals surface area contributed by atoms with Crippen molar-refractivity contribution in [1.82, 2.24) is 9.55 Å². The maximum atomic E-state index is 14.0. The first-order chi connectivity index (χ1) is 17.0. The Kier molecular flexibility index (Phi) is 5.47. The van der Waals surface area contributed by atoms with Crippen LogP contribution in [0.25, 0.3) is 22.7 Å². The zero-order chi connectivity index (χ0) is 23.9.